The first-order valence-electron chi connectivity index (χ1n) is 6.32. The summed E-state index contributed by atoms with van der Waals surface area (Å²) < 4.78 is 24.2. The Labute approximate surface area is 123 Å². The maximum atomic E-state index is 12.1. The quantitative estimate of drug-likeness (QED) is 0.845. The lowest BCUT2D eigenvalue weighted by molar-refractivity contribution is -0.113. The first-order valence-corrected chi connectivity index (χ1v) is 7.97. The molecule has 5 nitrogen and oxygen atoms in total. The lowest BCUT2D eigenvalue weighted by atomic mass is 10.2. The average Bonchev–Trinajstić information content (AvgIpc) is 2.38. The molecule has 0 aliphatic rings. The molecular weight excluding hydrogens is 288 g/mol. The van der Waals surface area contributed by atoms with E-state index in [0.29, 0.717) is 11.4 Å². The Balaban J connectivity index is 2.09. The first kappa shape index (κ1) is 15.1. The first-order chi connectivity index (χ1) is 9.87. The van der Waals surface area contributed by atoms with Gasteiger partial charge in [-0.15, -0.1) is 0 Å². The van der Waals surface area contributed by atoms with E-state index in [4.69, 9.17) is 5.73 Å². The highest BCUT2D eigenvalue weighted by Crippen LogP contribution is 2.15. The summed E-state index contributed by atoms with van der Waals surface area (Å²) in [7, 11) is -3.67. The summed E-state index contributed by atoms with van der Waals surface area (Å²) in [5.74, 6) is -1.18. The summed E-state index contributed by atoms with van der Waals surface area (Å²) in [5, 5.41) is 2.58. The molecule has 0 unspecified atom stereocenters. The zero-order chi connectivity index (χ0) is 15.5. The number of nitrogens with one attached hydrogen (secondary N) is 1. The van der Waals surface area contributed by atoms with Crippen molar-refractivity contribution in [3.8, 4) is 0 Å². The summed E-state index contributed by atoms with van der Waals surface area (Å²) in [4.78, 5) is 11.9. The minimum absolute atomic E-state index is 0.0797. The predicted octanol–water partition coefficient (Wildman–Crippen LogP) is 1.99. The Kier molecular flexibility index (Phi) is 4.28. The largest absolute Gasteiger partial charge is 0.399 e. The molecule has 0 aromatic heterocycles. The standard InChI is InChI=1S/C15H16N2O3S/c1-11-3-2-4-13(9-11)17-15(18)10-21(19,20)14-7-5-12(16)6-8-14/h2-9H,10,16H2,1H3,(H,17,18). The van der Waals surface area contributed by atoms with Crippen LogP contribution in [0.25, 0.3) is 0 Å². The molecule has 2 aromatic carbocycles. The highest BCUT2D eigenvalue weighted by Gasteiger charge is 2.19. The summed E-state index contributed by atoms with van der Waals surface area (Å²) in [6.45, 7) is 1.89. The number of hydrogen-bond acceptors (Lipinski definition) is 4. The van der Waals surface area contributed by atoms with Crippen molar-refractivity contribution >= 4 is 27.1 Å². The number of amides is 1. The van der Waals surface area contributed by atoms with Crippen LogP contribution in [-0.4, -0.2) is 20.1 Å². The number of rotatable bonds is 4. The van der Waals surface area contributed by atoms with Gasteiger partial charge in [0.25, 0.3) is 0 Å². The van der Waals surface area contributed by atoms with E-state index in [0.717, 1.165) is 5.56 Å². The smallest absolute Gasteiger partial charge is 0.239 e. The Morgan fingerprint density at radius 3 is 2.43 bits per heavy atom. The van der Waals surface area contributed by atoms with Gasteiger partial charge in [0, 0.05) is 11.4 Å². The Morgan fingerprint density at radius 1 is 1.14 bits per heavy atom. The number of hydrogen-bond donors (Lipinski definition) is 2. The Bertz CT molecular complexity index is 753. The van der Waals surface area contributed by atoms with E-state index in [-0.39, 0.29) is 4.90 Å². The van der Waals surface area contributed by atoms with Crippen LogP contribution < -0.4 is 11.1 Å². The molecule has 0 saturated carbocycles. The average molecular weight is 304 g/mol. The topological polar surface area (TPSA) is 89.3 Å². The molecule has 21 heavy (non-hydrogen) atoms. The van der Waals surface area contributed by atoms with Gasteiger partial charge in [-0.1, -0.05) is 12.1 Å². The van der Waals surface area contributed by atoms with Crippen LogP contribution in [0.2, 0.25) is 0 Å². The zero-order valence-corrected chi connectivity index (χ0v) is 12.4. The van der Waals surface area contributed by atoms with E-state index in [1.165, 1.54) is 24.3 Å². The van der Waals surface area contributed by atoms with Gasteiger partial charge >= 0.3 is 0 Å². The molecule has 0 aliphatic heterocycles. The molecule has 2 rings (SSSR count). The van der Waals surface area contributed by atoms with E-state index in [1.807, 2.05) is 13.0 Å². The van der Waals surface area contributed by atoms with Crippen LogP contribution in [0.1, 0.15) is 5.56 Å². The van der Waals surface area contributed by atoms with Gasteiger partial charge in [-0.2, -0.15) is 0 Å². The van der Waals surface area contributed by atoms with Crippen molar-refractivity contribution in [2.75, 3.05) is 16.8 Å². The van der Waals surface area contributed by atoms with Gasteiger partial charge in [0.2, 0.25) is 5.91 Å². The lowest BCUT2D eigenvalue weighted by Gasteiger charge is -2.07. The number of aryl methyl sites for hydroxylation is 1. The minimum atomic E-state index is -3.67. The molecule has 0 saturated heterocycles. The third kappa shape index (κ3) is 4.06. The number of nitrogen functional groups attached to an aromatic ring is 1. The van der Waals surface area contributed by atoms with Crippen molar-refractivity contribution in [2.24, 2.45) is 0 Å². The van der Waals surface area contributed by atoms with Crippen LogP contribution >= 0.6 is 0 Å². The molecule has 1 amide bonds. The minimum Gasteiger partial charge on any atom is -0.399 e. The fourth-order valence-electron chi connectivity index (χ4n) is 1.85. The van der Waals surface area contributed by atoms with Crippen molar-refractivity contribution in [2.45, 2.75) is 11.8 Å². The number of nitrogens with two attached hydrogens (primary N) is 1. The Hall–Kier alpha value is -2.34. The highest BCUT2D eigenvalue weighted by molar-refractivity contribution is 7.92. The molecular formula is C15H16N2O3S. The monoisotopic (exact) mass is 304 g/mol. The van der Waals surface area contributed by atoms with Gasteiger partial charge in [0.15, 0.2) is 9.84 Å². The van der Waals surface area contributed by atoms with E-state index in [1.54, 1.807) is 18.2 Å². The number of carbonyl (C=O) groups excluding carboxylic acids is 1. The van der Waals surface area contributed by atoms with Crippen molar-refractivity contribution in [3.05, 3.63) is 54.1 Å². The summed E-state index contributed by atoms with van der Waals surface area (Å²) >= 11 is 0. The molecule has 0 bridgehead atoms. The number of carbonyl (C=O) groups is 1. The van der Waals surface area contributed by atoms with Gasteiger partial charge in [-0.05, 0) is 48.9 Å². The van der Waals surface area contributed by atoms with E-state index < -0.39 is 21.5 Å². The summed E-state index contributed by atoms with van der Waals surface area (Å²) in [5.41, 5.74) is 7.54. The van der Waals surface area contributed by atoms with Crippen molar-refractivity contribution in [1.82, 2.24) is 0 Å². The van der Waals surface area contributed by atoms with Crippen LogP contribution in [0.5, 0.6) is 0 Å². The van der Waals surface area contributed by atoms with Gasteiger partial charge < -0.3 is 11.1 Å². The van der Waals surface area contributed by atoms with Gasteiger partial charge in [-0.3, -0.25) is 4.79 Å². The summed E-state index contributed by atoms with van der Waals surface area (Å²) in [6.07, 6.45) is 0. The van der Waals surface area contributed by atoms with Crippen LogP contribution in [0.15, 0.2) is 53.4 Å². The number of sulfone groups is 1. The van der Waals surface area contributed by atoms with E-state index in [2.05, 4.69) is 5.32 Å². The van der Waals surface area contributed by atoms with Crippen LogP contribution in [-0.2, 0) is 14.6 Å². The highest BCUT2D eigenvalue weighted by atomic mass is 32.2. The Morgan fingerprint density at radius 2 is 1.81 bits per heavy atom. The molecule has 2 aromatic rings. The maximum absolute atomic E-state index is 12.1. The fourth-order valence-corrected chi connectivity index (χ4v) is 2.99. The molecule has 0 spiro atoms. The number of benzene rings is 2. The SMILES string of the molecule is Cc1cccc(NC(=O)CS(=O)(=O)c2ccc(N)cc2)c1. The molecule has 0 atom stereocenters. The van der Waals surface area contributed by atoms with E-state index >= 15 is 0 Å². The normalized spacial score (nSPS) is 11.1. The zero-order valence-electron chi connectivity index (χ0n) is 11.5. The molecule has 110 valence electrons. The second-order valence-corrected chi connectivity index (χ2v) is 6.74. The molecule has 0 fully saturated rings. The van der Waals surface area contributed by atoms with Crippen LogP contribution in [0, 0.1) is 6.92 Å². The molecule has 0 heterocycles. The van der Waals surface area contributed by atoms with Crippen LogP contribution in [0.4, 0.5) is 11.4 Å². The fraction of sp³-hybridized carbons (Fsp3) is 0.133. The second-order valence-electron chi connectivity index (χ2n) is 4.75. The molecule has 0 aliphatic carbocycles. The van der Waals surface area contributed by atoms with Crippen molar-refractivity contribution < 1.29 is 13.2 Å². The van der Waals surface area contributed by atoms with Crippen molar-refractivity contribution in [3.63, 3.8) is 0 Å². The number of anilines is 2. The molecule has 6 heteroatoms. The third-order valence-electron chi connectivity index (χ3n) is 2.86. The van der Waals surface area contributed by atoms with Gasteiger partial charge in [-0.25, -0.2) is 8.42 Å². The second kappa shape index (κ2) is 5.97. The maximum Gasteiger partial charge on any atom is 0.239 e. The van der Waals surface area contributed by atoms with Crippen molar-refractivity contribution in [1.29, 1.82) is 0 Å². The summed E-state index contributed by atoms with van der Waals surface area (Å²) in [6, 6.07) is 12.9. The van der Waals surface area contributed by atoms with Gasteiger partial charge in [0.1, 0.15) is 5.75 Å². The molecule has 3 N–H and O–H groups in total. The third-order valence-corrected chi connectivity index (χ3v) is 4.49. The van der Waals surface area contributed by atoms with Crippen LogP contribution in [0.3, 0.4) is 0 Å². The predicted molar refractivity (Wildman–Crippen MR) is 82.7 cm³/mol. The lowest BCUT2D eigenvalue weighted by Crippen LogP contribution is -2.23. The van der Waals surface area contributed by atoms with Gasteiger partial charge in [0.05, 0.1) is 4.90 Å². The van der Waals surface area contributed by atoms with E-state index in [9.17, 15) is 13.2 Å². The molecule has 0 radical (unpaired) electrons.